The van der Waals surface area contributed by atoms with Gasteiger partial charge in [-0.3, -0.25) is 9.59 Å². The Morgan fingerprint density at radius 3 is 2.24 bits per heavy atom. The average molecular weight is 373 g/mol. The number of hydrogen-bond acceptors (Lipinski definition) is 3. The Balaban J connectivity index is 3.66. The van der Waals surface area contributed by atoms with Gasteiger partial charge in [0.2, 0.25) is 11.8 Å². The van der Waals surface area contributed by atoms with Crippen LogP contribution in [0.4, 0.5) is 0 Å². The van der Waals surface area contributed by atoms with E-state index in [2.05, 4.69) is 30.7 Å². The summed E-state index contributed by atoms with van der Waals surface area (Å²) in [5.74, 6) is 0.241. The number of nitrogens with one attached hydrogen (secondary N) is 2. The zero-order valence-electron chi connectivity index (χ0n) is 17.1. The van der Waals surface area contributed by atoms with E-state index in [-0.39, 0.29) is 17.2 Å². The standard InChI is InChI=1S/C20H40N2O2S/c1-6-11-17(25-5)12-8-9-13-18(23)21-15-10-16-22-19(24)20(3,4)14-7-2/h17H,6-16H2,1-5H3,(H,21,23)(H,22,24). The zero-order chi connectivity index (χ0) is 19.1. The number of unbranched alkanes of at least 4 members (excludes halogenated alkanes) is 1. The number of carbonyl (C=O) groups excluding carboxylic acids is 2. The number of thioether (sulfide) groups is 1. The van der Waals surface area contributed by atoms with Crippen LogP contribution in [-0.4, -0.2) is 36.4 Å². The van der Waals surface area contributed by atoms with Gasteiger partial charge in [-0.05, 0) is 38.4 Å². The predicted molar refractivity (Wildman–Crippen MR) is 110 cm³/mol. The predicted octanol–water partition coefficient (Wildman–Crippen LogP) is 4.53. The summed E-state index contributed by atoms with van der Waals surface area (Å²) in [6.45, 7) is 9.54. The molecule has 0 aromatic rings. The van der Waals surface area contributed by atoms with E-state index in [1.165, 1.54) is 19.3 Å². The fourth-order valence-corrected chi connectivity index (χ4v) is 3.82. The van der Waals surface area contributed by atoms with Crippen molar-refractivity contribution < 1.29 is 9.59 Å². The van der Waals surface area contributed by atoms with E-state index in [0.717, 1.165) is 37.4 Å². The van der Waals surface area contributed by atoms with Gasteiger partial charge in [-0.15, -0.1) is 0 Å². The van der Waals surface area contributed by atoms with Crippen LogP contribution in [0.5, 0.6) is 0 Å². The van der Waals surface area contributed by atoms with Crippen molar-refractivity contribution in [2.75, 3.05) is 19.3 Å². The van der Waals surface area contributed by atoms with E-state index in [1.807, 2.05) is 25.6 Å². The molecule has 2 amide bonds. The highest BCUT2D eigenvalue weighted by molar-refractivity contribution is 7.99. The summed E-state index contributed by atoms with van der Waals surface area (Å²) in [7, 11) is 0. The molecule has 2 N–H and O–H groups in total. The van der Waals surface area contributed by atoms with Crippen LogP contribution in [-0.2, 0) is 9.59 Å². The molecule has 5 heteroatoms. The molecule has 0 aliphatic carbocycles. The highest BCUT2D eigenvalue weighted by Crippen LogP contribution is 2.22. The molecule has 148 valence electrons. The van der Waals surface area contributed by atoms with Gasteiger partial charge in [-0.1, -0.05) is 47.0 Å². The largest absolute Gasteiger partial charge is 0.356 e. The van der Waals surface area contributed by atoms with Crippen molar-refractivity contribution in [1.82, 2.24) is 10.6 Å². The summed E-state index contributed by atoms with van der Waals surface area (Å²) in [6.07, 6.45) is 11.3. The molecular formula is C20H40N2O2S. The van der Waals surface area contributed by atoms with E-state index >= 15 is 0 Å². The Bertz CT molecular complexity index is 373. The SMILES string of the molecule is CCCC(CCCCC(=O)NCCCNC(=O)C(C)(C)CCC)SC. The minimum absolute atomic E-state index is 0.108. The van der Waals surface area contributed by atoms with E-state index in [0.29, 0.717) is 19.5 Å². The summed E-state index contributed by atoms with van der Waals surface area (Å²) in [5, 5.41) is 6.67. The molecular weight excluding hydrogens is 332 g/mol. The van der Waals surface area contributed by atoms with Gasteiger partial charge in [0.05, 0.1) is 0 Å². The third-order valence-corrected chi connectivity index (χ3v) is 5.71. The first-order valence-electron chi connectivity index (χ1n) is 9.95. The molecule has 4 nitrogen and oxygen atoms in total. The van der Waals surface area contributed by atoms with Gasteiger partial charge < -0.3 is 10.6 Å². The number of hydrogen-bond donors (Lipinski definition) is 2. The fourth-order valence-electron chi connectivity index (χ4n) is 2.94. The molecule has 0 fully saturated rings. The minimum atomic E-state index is -0.301. The quantitative estimate of drug-likeness (QED) is 0.415. The van der Waals surface area contributed by atoms with Crippen molar-refractivity contribution >= 4 is 23.6 Å². The smallest absolute Gasteiger partial charge is 0.225 e. The van der Waals surface area contributed by atoms with Crippen molar-refractivity contribution in [3.05, 3.63) is 0 Å². The van der Waals surface area contributed by atoms with Gasteiger partial charge in [-0.25, -0.2) is 0 Å². The monoisotopic (exact) mass is 372 g/mol. The Labute approximate surface area is 159 Å². The maximum absolute atomic E-state index is 12.1. The summed E-state index contributed by atoms with van der Waals surface area (Å²) in [4.78, 5) is 23.9. The lowest BCUT2D eigenvalue weighted by Crippen LogP contribution is -2.38. The molecule has 0 bridgehead atoms. The van der Waals surface area contributed by atoms with E-state index in [4.69, 9.17) is 0 Å². The second-order valence-corrected chi connectivity index (χ2v) is 8.62. The third-order valence-electron chi connectivity index (χ3n) is 4.57. The topological polar surface area (TPSA) is 58.2 Å². The Morgan fingerprint density at radius 1 is 0.960 bits per heavy atom. The molecule has 1 atom stereocenters. The van der Waals surface area contributed by atoms with Gasteiger partial charge in [0.15, 0.2) is 0 Å². The summed E-state index contributed by atoms with van der Waals surface area (Å²) < 4.78 is 0. The highest BCUT2D eigenvalue weighted by atomic mass is 32.2. The summed E-state index contributed by atoms with van der Waals surface area (Å²) in [5.41, 5.74) is -0.301. The van der Waals surface area contributed by atoms with Crippen LogP contribution in [0.25, 0.3) is 0 Å². The summed E-state index contributed by atoms with van der Waals surface area (Å²) >= 11 is 1.94. The second kappa shape index (κ2) is 14.5. The molecule has 0 saturated heterocycles. The van der Waals surface area contributed by atoms with Gasteiger partial charge in [0.25, 0.3) is 0 Å². The molecule has 0 saturated carbocycles. The first kappa shape index (κ1) is 24.3. The van der Waals surface area contributed by atoms with E-state index in [1.54, 1.807) is 0 Å². The lowest BCUT2D eigenvalue weighted by atomic mass is 9.87. The van der Waals surface area contributed by atoms with Crippen LogP contribution in [0.15, 0.2) is 0 Å². The lowest BCUT2D eigenvalue weighted by Gasteiger charge is -2.22. The molecule has 0 aliphatic heterocycles. The van der Waals surface area contributed by atoms with Crippen LogP contribution in [0, 0.1) is 5.41 Å². The zero-order valence-corrected chi connectivity index (χ0v) is 17.9. The maximum Gasteiger partial charge on any atom is 0.225 e. The molecule has 0 aromatic heterocycles. The van der Waals surface area contributed by atoms with Crippen molar-refractivity contribution in [3.63, 3.8) is 0 Å². The van der Waals surface area contributed by atoms with E-state index < -0.39 is 0 Å². The Morgan fingerprint density at radius 2 is 1.64 bits per heavy atom. The van der Waals surface area contributed by atoms with Crippen LogP contribution in [0.3, 0.4) is 0 Å². The van der Waals surface area contributed by atoms with Crippen molar-refractivity contribution in [2.45, 2.75) is 90.7 Å². The molecule has 1 unspecified atom stereocenters. The van der Waals surface area contributed by atoms with Crippen molar-refractivity contribution in [2.24, 2.45) is 5.41 Å². The molecule has 0 spiro atoms. The molecule has 0 radical (unpaired) electrons. The number of carbonyl (C=O) groups is 2. The van der Waals surface area contributed by atoms with Gasteiger partial charge in [0, 0.05) is 30.2 Å². The molecule has 0 aromatic carbocycles. The van der Waals surface area contributed by atoms with Crippen LogP contribution >= 0.6 is 11.8 Å². The summed E-state index contributed by atoms with van der Waals surface area (Å²) in [6, 6.07) is 0. The van der Waals surface area contributed by atoms with Crippen LogP contribution in [0.1, 0.15) is 85.5 Å². The molecule has 0 rings (SSSR count). The normalized spacial score (nSPS) is 12.7. The van der Waals surface area contributed by atoms with Gasteiger partial charge in [-0.2, -0.15) is 11.8 Å². The third kappa shape index (κ3) is 12.3. The number of rotatable bonds is 15. The van der Waals surface area contributed by atoms with E-state index in [9.17, 15) is 9.59 Å². The minimum Gasteiger partial charge on any atom is -0.356 e. The number of amides is 2. The molecule has 25 heavy (non-hydrogen) atoms. The Hall–Kier alpha value is -0.710. The molecule has 0 aliphatic rings. The van der Waals surface area contributed by atoms with Crippen molar-refractivity contribution in [3.8, 4) is 0 Å². The second-order valence-electron chi connectivity index (χ2n) is 7.49. The van der Waals surface area contributed by atoms with Crippen LogP contribution in [0.2, 0.25) is 0 Å². The lowest BCUT2D eigenvalue weighted by molar-refractivity contribution is -0.129. The highest BCUT2D eigenvalue weighted by Gasteiger charge is 2.25. The van der Waals surface area contributed by atoms with Gasteiger partial charge >= 0.3 is 0 Å². The Kier molecular flexibility index (Phi) is 14.0. The fraction of sp³-hybridized carbons (Fsp3) is 0.900. The van der Waals surface area contributed by atoms with Crippen LogP contribution < -0.4 is 10.6 Å². The molecule has 0 heterocycles. The van der Waals surface area contributed by atoms with Crippen molar-refractivity contribution in [1.29, 1.82) is 0 Å². The first-order valence-corrected chi connectivity index (χ1v) is 11.2. The first-order chi connectivity index (χ1) is 11.9. The average Bonchev–Trinajstić information content (AvgIpc) is 2.57. The maximum atomic E-state index is 12.1. The van der Waals surface area contributed by atoms with Gasteiger partial charge in [0.1, 0.15) is 0 Å².